The first-order valence-corrected chi connectivity index (χ1v) is 8.97. The Labute approximate surface area is 129 Å². The maximum atomic E-state index is 4.32. The Morgan fingerprint density at radius 3 is 2.57 bits per heavy atom. The fourth-order valence-corrected chi connectivity index (χ4v) is 4.29. The summed E-state index contributed by atoms with van der Waals surface area (Å²) in [6.45, 7) is 3.47. The third-order valence-corrected chi connectivity index (χ3v) is 5.71. The molecule has 21 heavy (non-hydrogen) atoms. The molecule has 0 spiro atoms. The maximum absolute atomic E-state index is 4.32. The fraction of sp³-hybridized carbons (Fsp3) is 0.737. The zero-order valence-corrected chi connectivity index (χ0v) is 13.5. The van der Waals surface area contributed by atoms with E-state index in [9.17, 15) is 0 Å². The molecule has 2 saturated carbocycles. The molecule has 3 rings (SSSR count). The lowest BCUT2D eigenvalue weighted by Crippen LogP contribution is -2.28. The van der Waals surface area contributed by atoms with Crippen LogP contribution in [0.3, 0.4) is 0 Å². The summed E-state index contributed by atoms with van der Waals surface area (Å²) < 4.78 is 0. The van der Waals surface area contributed by atoms with Crippen LogP contribution in [0.1, 0.15) is 74.8 Å². The molecule has 1 aromatic rings. The van der Waals surface area contributed by atoms with E-state index in [0.29, 0.717) is 0 Å². The molecular formula is C19H30N2. The van der Waals surface area contributed by atoms with Crippen LogP contribution in [0.25, 0.3) is 0 Å². The molecule has 1 heterocycles. The Morgan fingerprint density at radius 1 is 1.10 bits per heavy atom. The SMILES string of the molecule is Cc1ccncc1C1CCC(CCNC2CCCC2)CC1. The Bertz CT molecular complexity index is 429. The first kappa shape index (κ1) is 15.0. The third kappa shape index (κ3) is 4.06. The number of nitrogens with one attached hydrogen (secondary N) is 1. The van der Waals surface area contributed by atoms with Gasteiger partial charge in [-0.05, 0) is 87.4 Å². The number of hydrogen-bond donors (Lipinski definition) is 1. The molecule has 2 nitrogen and oxygen atoms in total. The van der Waals surface area contributed by atoms with Crippen molar-refractivity contribution >= 4 is 0 Å². The molecule has 1 aromatic heterocycles. The zero-order chi connectivity index (χ0) is 14.5. The van der Waals surface area contributed by atoms with E-state index in [1.54, 1.807) is 0 Å². The van der Waals surface area contributed by atoms with Gasteiger partial charge in [-0.1, -0.05) is 12.8 Å². The summed E-state index contributed by atoms with van der Waals surface area (Å²) in [5, 5.41) is 3.77. The molecule has 1 N–H and O–H groups in total. The number of aromatic nitrogens is 1. The van der Waals surface area contributed by atoms with E-state index in [0.717, 1.165) is 17.9 Å². The Balaban J connectivity index is 1.39. The van der Waals surface area contributed by atoms with Crippen LogP contribution in [0, 0.1) is 12.8 Å². The van der Waals surface area contributed by atoms with Crippen molar-refractivity contribution in [3.63, 3.8) is 0 Å². The maximum Gasteiger partial charge on any atom is 0.0305 e. The minimum absolute atomic E-state index is 0.762. The van der Waals surface area contributed by atoms with Gasteiger partial charge in [-0.3, -0.25) is 4.98 Å². The molecule has 0 unspecified atom stereocenters. The van der Waals surface area contributed by atoms with Gasteiger partial charge < -0.3 is 5.32 Å². The topological polar surface area (TPSA) is 24.9 Å². The average Bonchev–Trinajstić information content (AvgIpc) is 3.02. The van der Waals surface area contributed by atoms with E-state index in [4.69, 9.17) is 0 Å². The molecule has 0 aromatic carbocycles. The molecule has 2 aliphatic carbocycles. The van der Waals surface area contributed by atoms with Crippen molar-refractivity contribution in [1.29, 1.82) is 0 Å². The van der Waals surface area contributed by atoms with Gasteiger partial charge in [0.2, 0.25) is 0 Å². The van der Waals surface area contributed by atoms with Crippen LogP contribution >= 0.6 is 0 Å². The van der Waals surface area contributed by atoms with Gasteiger partial charge in [0.1, 0.15) is 0 Å². The van der Waals surface area contributed by atoms with Crippen molar-refractivity contribution in [1.82, 2.24) is 10.3 Å². The second-order valence-corrected chi connectivity index (χ2v) is 7.17. The number of pyridine rings is 1. The first-order valence-electron chi connectivity index (χ1n) is 8.97. The summed E-state index contributed by atoms with van der Waals surface area (Å²) in [5.41, 5.74) is 2.93. The van der Waals surface area contributed by atoms with Gasteiger partial charge >= 0.3 is 0 Å². The number of rotatable bonds is 5. The van der Waals surface area contributed by atoms with Gasteiger partial charge in [-0.15, -0.1) is 0 Å². The standard InChI is InChI=1S/C19H30N2/c1-15-10-12-20-14-19(15)17-8-6-16(7-9-17)11-13-21-18-4-2-3-5-18/h10,12,14,16-18,21H,2-9,11,13H2,1H3. The average molecular weight is 286 g/mol. The Hall–Kier alpha value is -0.890. The molecule has 0 amide bonds. The summed E-state index contributed by atoms with van der Waals surface area (Å²) in [6.07, 6.45) is 16.6. The van der Waals surface area contributed by atoms with Crippen molar-refractivity contribution in [2.75, 3.05) is 6.54 Å². The molecule has 116 valence electrons. The summed E-state index contributed by atoms with van der Waals surface area (Å²) >= 11 is 0. The third-order valence-electron chi connectivity index (χ3n) is 5.71. The lowest BCUT2D eigenvalue weighted by molar-refractivity contribution is 0.301. The highest BCUT2D eigenvalue weighted by atomic mass is 14.9. The molecule has 0 atom stereocenters. The molecule has 2 aliphatic rings. The quantitative estimate of drug-likeness (QED) is 0.856. The Kier molecular flexibility index (Phi) is 5.29. The van der Waals surface area contributed by atoms with Crippen LogP contribution in [0.15, 0.2) is 18.5 Å². The molecule has 0 saturated heterocycles. The van der Waals surface area contributed by atoms with Crippen molar-refractivity contribution in [3.8, 4) is 0 Å². The lowest BCUT2D eigenvalue weighted by atomic mass is 9.77. The largest absolute Gasteiger partial charge is 0.314 e. The van der Waals surface area contributed by atoms with Crippen molar-refractivity contribution in [2.45, 2.75) is 76.7 Å². The van der Waals surface area contributed by atoms with Gasteiger partial charge in [0.15, 0.2) is 0 Å². The first-order chi connectivity index (χ1) is 10.3. The van der Waals surface area contributed by atoms with Gasteiger partial charge in [-0.2, -0.15) is 0 Å². The second-order valence-electron chi connectivity index (χ2n) is 7.17. The van der Waals surface area contributed by atoms with Crippen molar-refractivity contribution < 1.29 is 0 Å². The molecular weight excluding hydrogens is 256 g/mol. The zero-order valence-electron chi connectivity index (χ0n) is 13.5. The van der Waals surface area contributed by atoms with Crippen LogP contribution in [-0.4, -0.2) is 17.6 Å². The Morgan fingerprint density at radius 2 is 1.86 bits per heavy atom. The monoisotopic (exact) mass is 286 g/mol. The van der Waals surface area contributed by atoms with Gasteiger partial charge in [0.05, 0.1) is 0 Å². The smallest absolute Gasteiger partial charge is 0.0305 e. The minimum atomic E-state index is 0.762. The van der Waals surface area contributed by atoms with Crippen molar-refractivity contribution in [3.05, 3.63) is 29.6 Å². The lowest BCUT2D eigenvalue weighted by Gasteiger charge is -2.29. The predicted molar refractivity (Wildman–Crippen MR) is 88.5 cm³/mol. The number of nitrogens with zero attached hydrogens (tertiary/aromatic N) is 1. The highest BCUT2D eigenvalue weighted by Crippen LogP contribution is 2.37. The van der Waals surface area contributed by atoms with Gasteiger partial charge in [0.25, 0.3) is 0 Å². The van der Waals surface area contributed by atoms with E-state index < -0.39 is 0 Å². The summed E-state index contributed by atoms with van der Waals surface area (Å²) in [6, 6.07) is 2.99. The van der Waals surface area contributed by atoms with Crippen molar-refractivity contribution in [2.24, 2.45) is 5.92 Å². The summed E-state index contributed by atoms with van der Waals surface area (Å²) in [5.74, 6) is 1.71. The normalized spacial score (nSPS) is 27.1. The fourth-order valence-electron chi connectivity index (χ4n) is 4.29. The summed E-state index contributed by atoms with van der Waals surface area (Å²) in [7, 11) is 0. The molecule has 0 radical (unpaired) electrons. The predicted octanol–water partition coefficient (Wildman–Crippen LogP) is 4.59. The van der Waals surface area contributed by atoms with Gasteiger partial charge in [0, 0.05) is 18.4 Å². The van der Waals surface area contributed by atoms with E-state index in [2.05, 4.69) is 29.5 Å². The van der Waals surface area contributed by atoms with E-state index in [1.807, 2.05) is 6.20 Å². The highest BCUT2D eigenvalue weighted by molar-refractivity contribution is 5.25. The highest BCUT2D eigenvalue weighted by Gasteiger charge is 2.23. The minimum Gasteiger partial charge on any atom is -0.314 e. The van der Waals surface area contributed by atoms with Crippen LogP contribution in [0.5, 0.6) is 0 Å². The molecule has 2 heteroatoms. The van der Waals surface area contributed by atoms with E-state index in [1.165, 1.54) is 75.5 Å². The number of hydrogen-bond acceptors (Lipinski definition) is 2. The van der Waals surface area contributed by atoms with Crippen LogP contribution in [0.4, 0.5) is 0 Å². The molecule has 2 fully saturated rings. The number of aryl methyl sites for hydroxylation is 1. The molecule has 0 aliphatic heterocycles. The van der Waals surface area contributed by atoms with Crippen LogP contribution in [-0.2, 0) is 0 Å². The van der Waals surface area contributed by atoms with E-state index >= 15 is 0 Å². The van der Waals surface area contributed by atoms with Crippen LogP contribution < -0.4 is 5.32 Å². The molecule has 0 bridgehead atoms. The van der Waals surface area contributed by atoms with Gasteiger partial charge in [-0.25, -0.2) is 0 Å². The second kappa shape index (κ2) is 7.40. The van der Waals surface area contributed by atoms with E-state index in [-0.39, 0.29) is 0 Å². The summed E-state index contributed by atoms with van der Waals surface area (Å²) in [4.78, 5) is 4.32. The van der Waals surface area contributed by atoms with Crippen LogP contribution in [0.2, 0.25) is 0 Å².